The number of sulfone groups is 1. The van der Waals surface area contributed by atoms with Gasteiger partial charge in [-0.25, -0.2) is 8.42 Å². The Morgan fingerprint density at radius 3 is 2.33 bits per heavy atom. The molecule has 0 aromatic heterocycles. The van der Waals surface area contributed by atoms with Crippen LogP contribution in [0.4, 0.5) is 5.69 Å². The van der Waals surface area contributed by atoms with E-state index in [0.29, 0.717) is 10.9 Å². The van der Waals surface area contributed by atoms with Gasteiger partial charge in [-0.3, -0.25) is 0 Å². The van der Waals surface area contributed by atoms with E-state index in [1.165, 1.54) is 19.1 Å². The maximum absolute atomic E-state index is 11.7. The van der Waals surface area contributed by atoms with Crippen molar-refractivity contribution in [2.24, 2.45) is 5.92 Å². The molecule has 1 aromatic rings. The fourth-order valence-corrected chi connectivity index (χ4v) is 3.39. The lowest BCUT2D eigenvalue weighted by Crippen LogP contribution is -2.25. The molecule has 0 saturated heterocycles. The summed E-state index contributed by atoms with van der Waals surface area (Å²) >= 11 is 0. The minimum absolute atomic E-state index is 0.406. The van der Waals surface area contributed by atoms with Gasteiger partial charge >= 0.3 is 0 Å². The minimum Gasteiger partial charge on any atom is -0.381 e. The molecule has 0 bridgehead atoms. The van der Waals surface area contributed by atoms with Gasteiger partial charge in [0.2, 0.25) is 0 Å². The van der Waals surface area contributed by atoms with Gasteiger partial charge in [-0.1, -0.05) is 19.1 Å². The van der Waals surface area contributed by atoms with Crippen molar-refractivity contribution in [2.45, 2.75) is 43.5 Å². The summed E-state index contributed by atoms with van der Waals surface area (Å²) in [5.41, 5.74) is 0.750. The summed E-state index contributed by atoms with van der Waals surface area (Å²) in [5.74, 6) is 0.799. The van der Waals surface area contributed by atoms with E-state index in [-0.39, 0.29) is 0 Å². The maximum Gasteiger partial charge on any atom is 0.177 e. The Hall–Kier alpha value is -1.03. The van der Waals surface area contributed by atoms with Crippen molar-refractivity contribution in [1.82, 2.24) is 0 Å². The Morgan fingerprint density at radius 1 is 1.11 bits per heavy atom. The summed E-state index contributed by atoms with van der Waals surface area (Å²) in [6.07, 6.45) is 5.95. The van der Waals surface area contributed by atoms with Crippen LogP contribution in [-0.4, -0.2) is 20.7 Å². The second-order valence-corrected chi connectivity index (χ2v) is 7.35. The third-order valence-corrected chi connectivity index (χ3v) is 4.82. The molecule has 1 aliphatic carbocycles. The molecule has 0 aliphatic heterocycles. The standard InChI is InChI=1S/C14H21NO2S/c1-11-7-9-12(10-8-11)15-13-5-3-4-6-14(13)18(2,16)17/h3-6,11-12,15H,7-10H2,1-2H3. The molecule has 1 aromatic carbocycles. The first-order valence-corrected chi connectivity index (χ1v) is 8.41. The number of rotatable bonds is 3. The van der Waals surface area contributed by atoms with Crippen LogP contribution in [-0.2, 0) is 9.84 Å². The number of hydrogen-bond donors (Lipinski definition) is 1. The van der Waals surface area contributed by atoms with Crippen molar-refractivity contribution in [3.63, 3.8) is 0 Å². The molecule has 4 heteroatoms. The number of hydrogen-bond acceptors (Lipinski definition) is 3. The molecule has 1 fully saturated rings. The molecule has 0 radical (unpaired) electrons. The normalized spacial score (nSPS) is 24.8. The van der Waals surface area contributed by atoms with Crippen LogP contribution < -0.4 is 5.32 Å². The number of nitrogens with one attached hydrogen (secondary N) is 1. The highest BCUT2D eigenvalue weighted by atomic mass is 32.2. The molecule has 1 aliphatic rings. The van der Waals surface area contributed by atoms with E-state index in [9.17, 15) is 8.42 Å². The highest BCUT2D eigenvalue weighted by Crippen LogP contribution is 2.28. The summed E-state index contributed by atoms with van der Waals surface area (Å²) in [7, 11) is -3.16. The van der Waals surface area contributed by atoms with Gasteiger partial charge in [-0.2, -0.15) is 0 Å². The molecule has 2 rings (SSSR count). The Kier molecular flexibility index (Phi) is 3.95. The van der Waals surface area contributed by atoms with Gasteiger partial charge in [0.1, 0.15) is 0 Å². The molecule has 0 spiro atoms. The lowest BCUT2D eigenvalue weighted by Gasteiger charge is -2.28. The Bertz CT molecular complexity index is 502. The van der Waals surface area contributed by atoms with Crippen molar-refractivity contribution in [3.05, 3.63) is 24.3 Å². The summed E-state index contributed by atoms with van der Waals surface area (Å²) in [6, 6.07) is 7.58. The fraction of sp³-hybridized carbons (Fsp3) is 0.571. The Labute approximate surface area is 110 Å². The molecule has 0 amide bonds. The molecule has 1 N–H and O–H groups in total. The highest BCUT2D eigenvalue weighted by molar-refractivity contribution is 7.90. The molecular formula is C14H21NO2S. The first-order chi connectivity index (χ1) is 8.47. The second kappa shape index (κ2) is 5.31. The van der Waals surface area contributed by atoms with Crippen molar-refractivity contribution >= 4 is 15.5 Å². The number of para-hydroxylation sites is 1. The van der Waals surface area contributed by atoms with Crippen LogP contribution in [0.25, 0.3) is 0 Å². The smallest absolute Gasteiger partial charge is 0.177 e. The second-order valence-electron chi connectivity index (χ2n) is 5.37. The highest BCUT2D eigenvalue weighted by Gasteiger charge is 2.20. The predicted octanol–water partition coefficient (Wildman–Crippen LogP) is 3.08. The average Bonchev–Trinajstić information content (AvgIpc) is 2.31. The van der Waals surface area contributed by atoms with E-state index in [0.717, 1.165) is 24.4 Å². The van der Waals surface area contributed by atoms with Crippen LogP contribution in [0, 0.1) is 5.92 Å². The number of benzene rings is 1. The van der Waals surface area contributed by atoms with E-state index in [2.05, 4.69) is 12.2 Å². The lowest BCUT2D eigenvalue weighted by atomic mass is 9.87. The van der Waals surface area contributed by atoms with Crippen LogP contribution in [0.2, 0.25) is 0 Å². The van der Waals surface area contributed by atoms with Gasteiger partial charge in [-0.05, 0) is 43.7 Å². The lowest BCUT2D eigenvalue weighted by molar-refractivity contribution is 0.361. The first kappa shape index (κ1) is 13.4. The van der Waals surface area contributed by atoms with Gasteiger partial charge in [-0.15, -0.1) is 0 Å². The predicted molar refractivity (Wildman–Crippen MR) is 74.6 cm³/mol. The molecule has 0 atom stereocenters. The van der Waals surface area contributed by atoms with Crippen LogP contribution in [0.3, 0.4) is 0 Å². The Balaban J connectivity index is 2.15. The molecule has 1 saturated carbocycles. The first-order valence-electron chi connectivity index (χ1n) is 6.52. The molecule has 0 heterocycles. The van der Waals surface area contributed by atoms with Crippen molar-refractivity contribution < 1.29 is 8.42 Å². The van der Waals surface area contributed by atoms with Gasteiger partial charge in [0.15, 0.2) is 9.84 Å². The topological polar surface area (TPSA) is 46.2 Å². The summed E-state index contributed by atoms with van der Waals surface area (Å²) in [6.45, 7) is 2.28. The third kappa shape index (κ3) is 3.25. The van der Waals surface area contributed by atoms with E-state index >= 15 is 0 Å². The van der Waals surface area contributed by atoms with E-state index in [1.807, 2.05) is 12.1 Å². The molecule has 0 unspecified atom stereocenters. The Morgan fingerprint density at radius 2 is 1.72 bits per heavy atom. The van der Waals surface area contributed by atoms with Gasteiger partial charge in [0.25, 0.3) is 0 Å². The zero-order valence-corrected chi connectivity index (χ0v) is 11.8. The fourth-order valence-electron chi connectivity index (χ4n) is 2.53. The average molecular weight is 267 g/mol. The van der Waals surface area contributed by atoms with Gasteiger partial charge in [0, 0.05) is 12.3 Å². The van der Waals surface area contributed by atoms with Crippen molar-refractivity contribution in [2.75, 3.05) is 11.6 Å². The van der Waals surface area contributed by atoms with Crippen LogP contribution in [0.15, 0.2) is 29.2 Å². The molecule has 18 heavy (non-hydrogen) atoms. The summed E-state index contributed by atoms with van der Waals surface area (Å²) < 4.78 is 23.4. The summed E-state index contributed by atoms with van der Waals surface area (Å²) in [5, 5.41) is 3.40. The van der Waals surface area contributed by atoms with E-state index in [1.54, 1.807) is 12.1 Å². The SMILES string of the molecule is CC1CCC(Nc2ccccc2S(C)(=O)=O)CC1. The van der Waals surface area contributed by atoms with E-state index in [4.69, 9.17) is 0 Å². The van der Waals surface area contributed by atoms with Gasteiger partial charge < -0.3 is 5.32 Å². The summed E-state index contributed by atoms with van der Waals surface area (Å²) in [4.78, 5) is 0.406. The van der Waals surface area contributed by atoms with Crippen molar-refractivity contribution in [1.29, 1.82) is 0 Å². The third-order valence-electron chi connectivity index (χ3n) is 3.66. The quantitative estimate of drug-likeness (QED) is 0.915. The largest absolute Gasteiger partial charge is 0.381 e. The molecular weight excluding hydrogens is 246 g/mol. The van der Waals surface area contributed by atoms with Gasteiger partial charge in [0.05, 0.1) is 10.6 Å². The zero-order valence-electron chi connectivity index (χ0n) is 11.0. The van der Waals surface area contributed by atoms with E-state index < -0.39 is 9.84 Å². The monoisotopic (exact) mass is 267 g/mol. The maximum atomic E-state index is 11.7. The van der Waals surface area contributed by atoms with Crippen molar-refractivity contribution in [3.8, 4) is 0 Å². The number of anilines is 1. The molecule has 100 valence electrons. The zero-order chi connectivity index (χ0) is 13.2. The van der Waals surface area contributed by atoms with Crippen LogP contribution in [0.5, 0.6) is 0 Å². The minimum atomic E-state index is -3.16. The van der Waals surface area contributed by atoms with Crippen LogP contribution >= 0.6 is 0 Å². The molecule has 3 nitrogen and oxygen atoms in total. The van der Waals surface area contributed by atoms with Crippen LogP contribution in [0.1, 0.15) is 32.6 Å².